The standard InChI is InChI=1S/C20H24FNO5S/c1-25-19-9-8-18(12-20(19)26-2)28(23,24)22(14-17-7-4-10-27-17)13-15-5-3-6-16(21)11-15/h3,5-6,8-9,11-12,17H,4,7,10,13-14H2,1-2H3. The van der Waals surface area contributed by atoms with Gasteiger partial charge in [0, 0.05) is 25.8 Å². The van der Waals surface area contributed by atoms with Crippen LogP contribution in [0.15, 0.2) is 47.4 Å². The molecule has 1 fully saturated rings. The van der Waals surface area contributed by atoms with Gasteiger partial charge in [-0.1, -0.05) is 12.1 Å². The van der Waals surface area contributed by atoms with Crippen LogP contribution in [-0.4, -0.2) is 46.2 Å². The molecule has 0 radical (unpaired) electrons. The number of rotatable bonds is 8. The highest BCUT2D eigenvalue weighted by molar-refractivity contribution is 7.89. The Labute approximate surface area is 164 Å². The average Bonchev–Trinajstić information content (AvgIpc) is 3.20. The van der Waals surface area contributed by atoms with Crippen LogP contribution in [0.1, 0.15) is 18.4 Å². The summed E-state index contributed by atoms with van der Waals surface area (Å²) in [5.74, 6) is 0.363. The van der Waals surface area contributed by atoms with Crippen molar-refractivity contribution >= 4 is 10.0 Å². The summed E-state index contributed by atoms with van der Waals surface area (Å²) >= 11 is 0. The van der Waals surface area contributed by atoms with Gasteiger partial charge in [-0.3, -0.25) is 0 Å². The van der Waals surface area contributed by atoms with Gasteiger partial charge in [0.2, 0.25) is 10.0 Å². The van der Waals surface area contributed by atoms with Crippen molar-refractivity contribution in [1.82, 2.24) is 4.31 Å². The van der Waals surface area contributed by atoms with E-state index >= 15 is 0 Å². The van der Waals surface area contributed by atoms with Crippen LogP contribution in [0.2, 0.25) is 0 Å². The van der Waals surface area contributed by atoms with E-state index in [9.17, 15) is 12.8 Å². The number of halogens is 1. The predicted octanol–water partition coefficient (Wildman–Crippen LogP) is 3.21. The predicted molar refractivity (Wildman–Crippen MR) is 103 cm³/mol. The Morgan fingerprint density at radius 1 is 1.14 bits per heavy atom. The Balaban J connectivity index is 1.94. The summed E-state index contributed by atoms with van der Waals surface area (Å²) in [4.78, 5) is 0.0829. The summed E-state index contributed by atoms with van der Waals surface area (Å²) in [5.41, 5.74) is 0.571. The van der Waals surface area contributed by atoms with E-state index in [0.29, 0.717) is 23.7 Å². The van der Waals surface area contributed by atoms with E-state index in [4.69, 9.17) is 14.2 Å². The molecule has 0 saturated carbocycles. The number of hydrogen-bond acceptors (Lipinski definition) is 5. The molecule has 0 aromatic heterocycles. The highest BCUT2D eigenvalue weighted by Gasteiger charge is 2.30. The zero-order valence-electron chi connectivity index (χ0n) is 15.9. The van der Waals surface area contributed by atoms with E-state index in [1.807, 2.05) is 0 Å². The third-order valence-electron chi connectivity index (χ3n) is 4.67. The normalized spacial score (nSPS) is 17.1. The van der Waals surface area contributed by atoms with Crippen LogP contribution in [0.25, 0.3) is 0 Å². The minimum Gasteiger partial charge on any atom is -0.493 e. The third kappa shape index (κ3) is 4.63. The molecule has 1 saturated heterocycles. The van der Waals surface area contributed by atoms with E-state index < -0.39 is 15.8 Å². The molecule has 28 heavy (non-hydrogen) atoms. The monoisotopic (exact) mass is 409 g/mol. The minimum absolute atomic E-state index is 0.0499. The number of hydrogen-bond donors (Lipinski definition) is 0. The molecule has 1 aliphatic heterocycles. The van der Waals surface area contributed by atoms with E-state index in [1.165, 1.54) is 42.8 Å². The zero-order valence-corrected chi connectivity index (χ0v) is 16.7. The summed E-state index contributed by atoms with van der Waals surface area (Å²) in [6.45, 7) is 0.871. The lowest BCUT2D eigenvalue weighted by Crippen LogP contribution is -2.37. The summed E-state index contributed by atoms with van der Waals surface area (Å²) in [6.07, 6.45) is 1.51. The van der Waals surface area contributed by atoms with Crippen molar-refractivity contribution < 1.29 is 27.0 Å². The molecule has 2 aromatic carbocycles. The molecule has 6 nitrogen and oxygen atoms in total. The molecule has 1 atom stereocenters. The summed E-state index contributed by atoms with van der Waals surface area (Å²) in [6, 6.07) is 10.4. The van der Waals surface area contributed by atoms with E-state index in [-0.39, 0.29) is 24.1 Å². The SMILES string of the molecule is COc1ccc(S(=O)(=O)N(Cc2cccc(F)c2)CC2CCCO2)cc1OC. The molecular weight excluding hydrogens is 385 g/mol. The Kier molecular flexibility index (Phi) is 6.53. The molecule has 0 aliphatic carbocycles. The third-order valence-corrected chi connectivity index (χ3v) is 6.48. The molecule has 1 unspecified atom stereocenters. The van der Waals surface area contributed by atoms with Crippen molar-refractivity contribution in [3.05, 3.63) is 53.8 Å². The number of benzene rings is 2. The maximum atomic E-state index is 13.6. The molecular formula is C20H24FNO5S. The van der Waals surface area contributed by atoms with Gasteiger partial charge in [-0.25, -0.2) is 12.8 Å². The molecule has 2 aromatic rings. The Morgan fingerprint density at radius 2 is 1.93 bits per heavy atom. The second-order valence-electron chi connectivity index (χ2n) is 6.58. The van der Waals surface area contributed by atoms with Crippen molar-refractivity contribution in [3.63, 3.8) is 0 Å². The first-order valence-electron chi connectivity index (χ1n) is 9.02. The summed E-state index contributed by atoms with van der Waals surface area (Å²) in [7, 11) is -0.926. The van der Waals surface area contributed by atoms with Crippen molar-refractivity contribution in [2.75, 3.05) is 27.4 Å². The fourth-order valence-electron chi connectivity index (χ4n) is 3.23. The van der Waals surface area contributed by atoms with Gasteiger partial charge in [0.25, 0.3) is 0 Å². The smallest absolute Gasteiger partial charge is 0.243 e. The van der Waals surface area contributed by atoms with Crippen LogP contribution in [0.3, 0.4) is 0 Å². The fourth-order valence-corrected chi connectivity index (χ4v) is 4.70. The lowest BCUT2D eigenvalue weighted by molar-refractivity contribution is 0.0926. The van der Waals surface area contributed by atoms with Crippen LogP contribution in [0.5, 0.6) is 11.5 Å². The van der Waals surface area contributed by atoms with Gasteiger partial charge in [-0.15, -0.1) is 0 Å². The van der Waals surface area contributed by atoms with E-state index in [2.05, 4.69) is 0 Å². The summed E-state index contributed by atoms with van der Waals surface area (Å²) in [5, 5.41) is 0. The summed E-state index contributed by atoms with van der Waals surface area (Å²) < 4.78 is 57.7. The van der Waals surface area contributed by atoms with Gasteiger partial charge in [0.15, 0.2) is 11.5 Å². The molecule has 152 valence electrons. The number of ether oxygens (including phenoxy) is 3. The van der Waals surface area contributed by atoms with Gasteiger partial charge in [0.05, 0.1) is 25.2 Å². The van der Waals surface area contributed by atoms with Crippen molar-refractivity contribution in [2.24, 2.45) is 0 Å². The molecule has 8 heteroatoms. The van der Waals surface area contributed by atoms with Crippen LogP contribution in [0.4, 0.5) is 4.39 Å². The average molecular weight is 409 g/mol. The quantitative estimate of drug-likeness (QED) is 0.670. The number of nitrogens with zero attached hydrogens (tertiary/aromatic N) is 1. The highest BCUT2D eigenvalue weighted by Crippen LogP contribution is 2.31. The lowest BCUT2D eigenvalue weighted by Gasteiger charge is -2.25. The zero-order chi connectivity index (χ0) is 20.1. The molecule has 0 N–H and O–H groups in total. The Hall–Kier alpha value is -2.16. The van der Waals surface area contributed by atoms with Crippen molar-refractivity contribution in [1.29, 1.82) is 0 Å². The lowest BCUT2D eigenvalue weighted by atomic mass is 10.2. The van der Waals surface area contributed by atoms with Crippen molar-refractivity contribution in [2.45, 2.75) is 30.4 Å². The largest absolute Gasteiger partial charge is 0.493 e. The van der Waals surface area contributed by atoms with E-state index in [0.717, 1.165) is 12.8 Å². The number of sulfonamides is 1. The first-order valence-corrected chi connectivity index (χ1v) is 10.5. The maximum absolute atomic E-state index is 13.6. The van der Waals surface area contributed by atoms with Gasteiger partial charge in [0.1, 0.15) is 5.82 Å². The maximum Gasteiger partial charge on any atom is 0.243 e. The number of methoxy groups -OCH3 is 2. The van der Waals surface area contributed by atoms with Gasteiger partial charge < -0.3 is 14.2 Å². The van der Waals surface area contributed by atoms with Gasteiger partial charge in [-0.05, 0) is 42.7 Å². The van der Waals surface area contributed by atoms with Crippen LogP contribution in [0, 0.1) is 5.82 Å². The molecule has 0 amide bonds. The van der Waals surface area contributed by atoms with Gasteiger partial charge in [-0.2, -0.15) is 4.31 Å². The van der Waals surface area contributed by atoms with E-state index in [1.54, 1.807) is 18.2 Å². The van der Waals surface area contributed by atoms with Gasteiger partial charge >= 0.3 is 0 Å². The minimum atomic E-state index is -3.86. The van der Waals surface area contributed by atoms with Crippen LogP contribution < -0.4 is 9.47 Å². The Bertz CT molecular complexity index is 913. The topological polar surface area (TPSA) is 65.1 Å². The van der Waals surface area contributed by atoms with Crippen LogP contribution in [-0.2, 0) is 21.3 Å². The molecule has 1 aliphatic rings. The highest BCUT2D eigenvalue weighted by atomic mass is 32.2. The first kappa shape index (κ1) is 20.6. The molecule has 3 rings (SSSR count). The first-order chi connectivity index (χ1) is 13.4. The molecule has 0 bridgehead atoms. The fraction of sp³-hybridized carbons (Fsp3) is 0.400. The second-order valence-corrected chi connectivity index (χ2v) is 8.52. The van der Waals surface area contributed by atoms with Crippen LogP contribution >= 0.6 is 0 Å². The van der Waals surface area contributed by atoms with Crippen molar-refractivity contribution in [3.8, 4) is 11.5 Å². The Morgan fingerprint density at radius 3 is 2.57 bits per heavy atom. The second kappa shape index (κ2) is 8.89. The molecule has 0 spiro atoms. The molecule has 1 heterocycles.